The molecule has 0 saturated heterocycles. The van der Waals surface area contributed by atoms with Crippen molar-refractivity contribution < 1.29 is 39.5 Å². The predicted molar refractivity (Wildman–Crippen MR) is 57.7 cm³/mol. The number of benzene rings is 1. The van der Waals surface area contributed by atoms with Gasteiger partial charge in [-0.25, -0.2) is 0 Å². The zero-order valence-electron chi connectivity index (χ0n) is 9.50. The van der Waals surface area contributed by atoms with Gasteiger partial charge in [-0.3, -0.25) is 0 Å². The topological polar surface area (TPSA) is 52.2 Å². The number of aliphatic carboxylic acids is 1. The smallest absolute Gasteiger partial charge is 0.549 e. The van der Waals surface area contributed by atoms with Crippen molar-refractivity contribution in [2.45, 2.75) is 12.3 Å². The number of hydrogen-bond acceptors (Lipinski definition) is 3. The van der Waals surface area contributed by atoms with Gasteiger partial charge >= 0.3 is 29.6 Å². The molecule has 0 aromatic heterocycles. The number of carboxylic acids is 1. The molecule has 82 valence electrons. The largest absolute Gasteiger partial charge is 1.00 e. The van der Waals surface area contributed by atoms with E-state index in [-0.39, 0.29) is 29.6 Å². The Labute approximate surface area is 122 Å². The summed E-state index contributed by atoms with van der Waals surface area (Å²) in [5.74, 6) is -1.73. The van der Waals surface area contributed by atoms with Crippen LogP contribution in [0.1, 0.15) is 17.9 Å². The summed E-state index contributed by atoms with van der Waals surface area (Å²) in [7, 11) is 1.78. The molecule has 0 fully saturated rings. The van der Waals surface area contributed by atoms with Crippen molar-refractivity contribution >= 4 is 17.6 Å². The van der Waals surface area contributed by atoms with Crippen LogP contribution in [-0.4, -0.2) is 19.6 Å². The maximum atomic E-state index is 11.0. The average molecular weight is 250 g/mol. The molecule has 0 amide bonds. The summed E-state index contributed by atoms with van der Waals surface area (Å²) in [6, 6.07) is 6.96. The maximum Gasteiger partial charge on any atom is 1.00 e. The van der Waals surface area contributed by atoms with Crippen LogP contribution in [0.25, 0.3) is 0 Å². The molecule has 0 heterocycles. The first-order chi connectivity index (χ1) is 7.16. The molecule has 0 aliphatic heterocycles. The van der Waals surface area contributed by atoms with Gasteiger partial charge in [-0.1, -0.05) is 29.8 Å². The maximum absolute atomic E-state index is 11.0. The van der Waals surface area contributed by atoms with E-state index in [1.807, 2.05) is 0 Å². The Hall–Kier alpha value is -0.0600. The fourth-order valence-corrected chi connectivity index (χ4v) is 1.71. The summed E-state index contributed by atoms with van der Waals surface area (Å²) in [4.78, 5) is 11.0. The van der Waals surface area contributed by atoms with Gasteiger partial charge in [0.25, 0.3) is 0 Å². The van der Waals surface area contributed by atoms with Crippen LogP contribution in [-0.2, 0) is 4.79 Å². The number of carbonyl (C=O) groups is 1. The van der Waals surface area contributed by atoms with Crippen LogP contribution in [0.15, 0.2) is 24.3 Å². The number of halogens is 1. The van der Waals surface area contributed by atoms with Crippen LogP contribution >= 0.6 is 11.6 Å². The Bertz CT molecular complexity index is 347. The number of rotatable bonds is 5. The van der Waals surface area contributed by atoms with Crippen molar-refractivity contribution in [1.82, 2.24) is 5.32 Å². The molecule has 0 aliphatic rings. The zero-order chi connectivity index (χ0) is 11.3. The van der Waals surface area contributed by atoms with E-state index in [2.05, 4.69) is 5.32 Å². The molecular formula is C11H13ClNNaO2. The molecule has 5 heteroatoms. The molecular weight excluding hydrogens is 237 g/mol. The van der Waals surface area contributed by atoms with Gasteiger partial charge in [0.15, 0.2) is 0 Å². The Morgan fingerprint density at radius 3 is 2.62 bits per heavy atom. The first-order valence-corrected chi connectivity index (χ1v) is 5.14. The summed E-state index contributed by atoms with van der Waals surface area (Å²) in [5.41, 5.74) is 0.620. The predicted octanol–water partition coefficient (Wildman–Crippen LogP) is -2.21. The second-order valence-electron chi connectivity index (χ2n) is 3.29. The summed E-state index contributed by atoms with van der Waals surface area (Å²) < 4.78 is 0. The summed E-state index contributed by atoms with van der Waals surface area (Å²) in [6.07, 6.45) is 0.475. The second-order valence-corrected chi connectivity index (χ2v) is 3.69. The Kier molecular flexibility index (Phi) is 8.06. The number of carboxylic acid groups (broad SMARTS) is 1. The van der Waals surface area contributed by atoms with Gasteiger partial charge in [0.2, 0.25) is 0 Å². The van der Waals surface area contributed by atoms with Crippen molar-refractivity contribution in [2.75, 3.05) is 13.6 Å². The molecule has 1 aromatic carbocycles. The van der Waals surface area contributed by atoms with Crippen LogP contribution in [0, 0.1) is 0 Å². The Morgan fingerprint density at radius 1 is 1.50 bits per heavy atom. The van der Waals surface area contributed by atoms with Gasteiger partial charge in [-0.2, -0.15) is 0 Å². The first kappa shape index (κ1) is 15.9. The number of hydrogen-bond donors (Lipinski definition) is 1. The first-order valence-electron chi connectivity index (χ1n) is 4.76. The van der Waals surface area contributed by atoms with Gasteiger partial charge in [0.05, 0.1) is 0 Å². The third kappa shape index (κ3) is 4.44. The van der Waals surface area contributed by atoms with Gasteiger partial charge in [0.1, 0.15) is 0 Å². The molecule has 0 saturated carbocycles. The molecule has 1 aromatic rings. The van der Waals surface area contributed by atoms with Gasteiger partial charge < -0.3 is 15.2 Å². The number of nitrogens with one attached hydrogen (secondary N) is 1. The molecule has 3 nitrogen and oxygen atoms in total. The van der Waals surface area contributed by atoms with Gasteiger partial charge in [0, 0.05) is 16.9 Å². The van der Waals surface area contributed by atoms with Gasteiger partial charge in [-0.15, -0.1) is 0 Å². The van der Waals surface area contributed by atoms with Crippen LogP contribution in [0.3, 0.4) is 0 Å². The second kappa shape index (κ2) is 8.09. The minimum atomic E-state index is -1.08. The summed E-state index contributed by atoms with van der Waals surface area (Å²) in [6.45, 7) is 0.615. The van der Waals surface area contributed by atoms with Crippen molar-refractivity contribution in [3.05, 3.63) is 34.9 Å². The molecule has 0 radical (unpaired) electrons. The van der Waals surface area contributed by atoms with E-state index in [1.54, 1.807) is 31.3 Å². The Morgan fingerprint density at radius 2 is 2.12 bits per heavy atom. The van der Waals surface area contributed by atoms with Crippen molar-refractivity contribution in [3.63, 3.8) is 0 Å². The molecule has 0 aliphatic carbocycles. The van der Waals surface area contributed by atoms with Gasteiger partial charge in [-0.05, 0) is 31.6 Å². The van der Waals surface area contributed by atoms with E-state index in [0.717, 1.165) is 0 Å². The van der Waals surface area contributed by atoms with Crippen LogP contribution in [0.2, 0.25) is 5.02 Å². The standard InChI is InChI=1S/C11H14ClNO2.Na/c1-13-7-6-9(11(14)15)8-4-2-3-5-10(8)12;/h2-5,9,13H,6-7H2,1H3,(H,14,15);/q;+1/p-1. The molecule has 1 rings (SSSR count). The SMILES string of the molecule is CNCCC(C(=O)[O-])c1ccccc1Cl.[Na+]. The van der Waals surface area contributed by atoms with E-state index < -0.39 is 11.9 Å². The number of carbonyl (C=O) groups excluding carboxylic acids is 1. The zero-order valence-corrected chi connectivity index (χ0v) is 12.3. The van der Waals surface area contributed by atoms with Crippen LogP contribution in [0.5, 0.6) is 0 Å². The minimum absolute atomic E-state index is 0. The molecule has 1 atom stereocenters. The van der Waals surface area contributed by atoms with Crippen molar-refractivity contribution in [3.8, 4) is 0 Å². The van der Waals surface area contributed by atoms with Crippen LogP contribution < -0.4 is 40.0 Å². The van der Waals surface area contributed by atoms with Crippen LogP contribution in [0.4, 0.5) is 0 Å². The van der Waals surface area contributed by atoms with E-state index in [1.165, 1.54) is 0 Å². The fraction of sp³-hybridized carbons (Fsp3) is 0.364. The van der Waals surface area contributed by atoms with E-state index in [4.69, 9.17) is 11.6 Å². The van der Waals surface area contributed by atoms with Crippen molar-refractivity contribution in [1.29, 1.82) is 0 Å². The average Bonchev–Trinajstić information content (AvgIpc) is 2.20. The third-order valence-electron chi connectivity index (χ3n) is 2.25. The third-order valence-corrected chi connectivity index (χ3v) is 2.59. The molecule has 16 heavy (non-hydrogen) atoms. The molecule has 1 unspecified atom stereocenters. The summed E-state index contributed by atoms with van der Waals surface area (Å²) >= 11 is 5.93. The minimum Gasteiger partial charge on any atom is -0.549 e. The quantitative estimate of drug-likeness (QED) is 0.602. The van der Waals surface area contributed by atoms with E-state index in [0.29, 0.717) is 23.6 Å². The molecule has 0 bridgehead atoms. The van der Waals surface area contributed by atoms with Crippen molar-refractivity contribution in [2.24, 2.45) is 0 Å². The monoisotopic (exact) mass is 249 g/mol. The summed E-state index contributed by atoms with van der Waals surface area (Å²) in [5, 5.41) is 14.3. The molecule has 0 spiro atoms. The van der Waals surface area contributed by atoms with E-state index >= 15 is 0 Å². The fourth-order valence-electron chi connectivity index (χ4n) is 1.45. The molecule has 1 N–H and O–H groups in total. The normalized spacial score (nSPS) is 11.6. The Balaban J connectivity index is 0.00000225. The van der Waals surface area contributed by atoms with E-state index in [9.17, 15) is 9.90 Å².